The smallest absolute Gasteiger partial charge is 0.248 e. The van der Waals surface area contributed by atoms with E-state index in [1.54, 1.807) is 23.8 Å². The van der Waals surface area contributed by atoms with Crippen molar-refractivity contribution in [1.29, 1.82) is 0 Å². The normalized spacial score (nSPS) is 11.9. The Kier molecular flexibility index (Phi) is 9.54. The summed E-state index contributed by atoms with van der Waals surface area (Å²) in [4.78, 5) is 30.0. The van der Waals surface area contributed by atoms with Crippen LogP contribution in [-0.4, -0.2) is 59.0 Å². The molecule has 2 amide bonds. The van der Waals surface area contributed by atoms with Crippen LogP contribution in [0.25, 0.3) is 11.0 Å². The minimum Gasteiger partial charge on any atom is -0.493 e. The number of para-hydroxylation sites is 1. The molecule has 1 N–H and O–H groups in total. The number of aromatic nitrogens is 3. The number of amides is 2. The summed E-state index contributed by atoms with van der Waals surface area (Å²) < 4.78 is 12.4. The summed E-state index contributed by atoms with van der Waals surface area (Å²) in [6.45, 7) is 5.06. The van der Waals surface area contributed by atoms with Crippen LogP contribution in [0.5, 0.6) is 11.5 Å². The van der Waals surface area contributed by atoms with E-state index in [1.165, 1.54) is 11.3 Å². The van der Waals surface area contributed by atoms with Crippen LogP contribution in [0.2, 0.25) is 0 Å². The SMILES string of the molecule is COc1ccc(CCN(C(=O)Cn2nnc3ccccc32)C(C(=O)NCCC(C)C)c2cccs2)cc1OC. The standard InChI is InChI=1S/C29H35N5O4S/c1-20(2)13-15-30-29(36)28(26-10-7-17-39-26)33(16-14-21-11-12-24(37-3)25(18-21)38-4)27(35)19-34-23-9-6-5-8-22(23)31-32-34/h5-12,17-18,20,28H,13-16,19H2,1-4H3,(H,30,36). The highest BCUT2D eigenvalue weighted by Gasteiger charge is 2.32. The van der Waals surface area contributed by atoms with Crippen LogP contribution < -0.4 is 14.8 Å². The molecule has 2 aromatic heterocycles. The van der Waals surface area contributed by atoms with Gasteiger partial charge >= 0.3 is 0 Å². The number of hydrogen-bond acceptors (Lipinski definition) is 7. The van der Waals surface area contributed by atoms with Gasteiger partial charge in [-0.3, -0.25) is 9.59 Å². The zero-order valence-electron chi connectivity index (χ0n) is 22.8. The second-order valence-corrected chi connectivity index (χ2v) is 10.6. The van der Waals surface area contributed by atoms with E-state index in [9.17, 15) is 9.59 Å². The van der Waals surface area contributed by atoms with Gasteiger partial charge in [0, 0.05) is 18.0 Å². The van der Waals surface area contributed by atoms with Crippen molar-refractivity contribution >= 4 is 34.2 Å². The molecule has 0 radical (unpaired) electrons. The van der Waals surface area contributed by atoms with Gasteiger partial charge in [-0.1, -0.05) is 43.3 Å². The van der Waals surface area contributed by atoms with Gasteiger partial charge in [-0.15, -0.1) is 16.4 Å². The number of carbonyl (C=O) groups is 2. The van der Waals surface area contributed by atoms with Crippen molar-refractivity contribution in [2.75, 3.05) is 27.3 Å². The maximum atomic E-state index is 13.9. The van der Waals surface area contributed by atoms with Crippen LogP contribution in [0.15, 0.2) is 60.0 Å². The molecule has 0 aliphatic carbocycles. The van der Waals surface area contributed by atoms with Crippen molar-refractivity contribution in [3.63, 3.8) is 0 Å². The maximum absolute atomic E-state index is 13.9. The third-order valence-electron chi connectivity index (χ3n) is 6.51. The summed E-state index contributed by atoms with van der Waals surface area (Å²) in [5, 5.41) is 13.4. The number of thiophene rings is 1. The Hall–Kier alpha value is -3.92. The van der Waals surface area contributed by atoms with Gasteiger partial charge in [-0.2, -0.15) is 0 Å². The highest BCUT2D eigenvalue weighted by atomic mass is 32.1. The number of ether oxygens (including phenoxy) is 2. The molecule has 0 aliphatic rings. The zero-order valence-corrected chi connectivity index (χ0v) is 23.6. The number of nitrogens with one attached hydrogen (secondary N) is 1. The first-order valence-corrected chi connectivity index (χ1v) is 13.9. The summed E-state index contributed by atoms with van der Waals surface area (Å²) >= 11 is 1.46. The van der Waals surface area contributed by atoms with Crippen molar-refractivity contribution in [2.24, 2.45) is 5.92 Å². The van der Waals surface area contributed by atoms with Gasteiger partial charge in [0.15, 0.2) is 11.5 Å². The molecular formula is C29H35N5O4S. The van der Waals surface area contributed by atoms with Gasteiger partial charge in [0.2, 0.25) is 11.8 Å². The monoisotopic (exact) mass is 549 g/mol. The minimum atomic E-state index is -0.764. The van der Waals surface area contributed by atoms with Crippen LogP contribution in [0.3, 0.4) is 0 Å². The van der Waals surface area contributed by atoms with E-state index in [2.05, 4.69) is 29.5 Å². The molecule has 0 saturated heterocycles. The predicted molar refractivity (Wildman–Crippen MR) is 152 cm³/mol. The average molecular weight is 550 g/mol. The summed E-state index contributed by atoms with van der Waals surface area (Å²) in [6.07, 6.45) is 1.37. The zero-order chi connectivity index (χ0) is 27.8. The molecule has 206 valence electrons. The van der Waals surface area contributed by atoms with Gasteiger partial charge in [0.05, 0.1) is 19.7 Å². The summed E-state index contributed by atoms with van der Waals surface area (Å²) in [5.74, 6) is 1.29. The van der Waals surface area contributed by atoms with Crippen molar-refractivity contribution in [3.8, 4) is 11.5 Å². The molecule has 0 spiro atoms. The molecule has 0 saturated carbocycles. The highest BCUT2D eigenvalue weighted by Crippen LogP contribution is 2.30. The Labute approximate surface area is 232 Å². The largest absolute Gasteiger partial charge is 0.493 e. The third-order valence-corrected chi connectivity index (χ3v) is 7.43. The Bertz CT molecular complexity index is 1390. The number of hydrogen-bond donors (Lipinski definition) is 1. The quantitative estimate of drug-likeness (QED) is 0.264. The third kappa shape index (κ3) is 6.94. The predicted octanol–water partition coefficient (Wildman–Crippen LogP) is 4.48. The lowest BCUT2D eigenvalue weighted by Gasteiger charge is -2.31. The topological polar surface area (TPSA) is 98.6 Å². The van der Waals surface area contributed by atoms with E-state index in [0.29, 0.717) is 42.4 Å². The second-order valence-electron chi connectivity index (χ2n) is 9.65. The Balaban J connectivity index is 1.64. The van der Waals surface area contributed by atoms with Crippen LogP contribution in [0.4, 0.5) is 0 Å². The first kappa shape index (κ1) is 28.1. The molecule has 0 fully saturated rings. The Morgan fingerprint density at radius 1 is 1.05 bits per heavy atom. The molecule has 39 heavy (non-hydrogen) atoms. The van der Waals surface area contributed by atoms with E-state index >= 15 is 0 Å². The van der Waals surface area contributed by atoms with E-state index in [-0.39, 0.29) is 18.4 Å². The summed E-state index contributed by atoms with van der Waals surface area (Å²) in [5.41, 5.74) is 2.44. The lowest BCUT2D eigenvalue weighted by atomic mass is 10.1. The number of carbonyl (C=O) groups excluding carboxylic acids is 2. The molecule has 4 aromatic rings. The molecule has 4 rings (SSSR count). The van der Waals surface area contributed by atoms with Gasteiger partial charge in [0.25, 0.3) is 0 Å². The number of fused-ring (bicyclic) bond motifs is 1. The Morgan fingerprint density at radius 2 is 1.85 bits per heavy atom. The molecular weight excluding hydrogens is 514 g/mol. The number of benzene rings is 2. The van der Waals surface area contributed by atoms with Crippen LogP contribution in [-0.2, 0) is 22.6 Å². The van der Waals surface area contributed by atoms with Crippen molar-refractivity contribution in [2.45, 2.75) is 39.3 Å². The molecule has 10 heteroatoms. The van der Waals surface area contributed by atoms with E-state index in [4.69, 9.17) is 9.47 Å². The van der Waals surface area contributed by atoms with E-state index in [0.717, 1.165) is 22.4 Å². The second kappa shape index (κ2) is 13.2. The highest BCUT2D eigenvalue weighted by molar-refractivity contribution is 7.10. The molecule has 2 aromatic carbocycles. The molecule has 1 unspecified atom stereocenters. The molecule has 1 atom stereocenters. The fraction of sp³-hybridized carbons (Fsp3) is 0.379. The number of nitrogens with zero attached hydrogens (tertiary/aromatic N) is 4. The summed E-state index contributed by atoms with van der Waals surface area (Å²) in [7, 11) is 3.18. The van der Waals surface area contributed by atoms with E-state index in [1.807, 2.05) is 60.0 Å². The number of rotatable bonds is 13. The summed E-state index contributed by atoms with van der Waals surface area (Å²) in [6, 6.07) is 16.2. The fourth-order valence-corrected chi connectivity index (χ4v) is 5.22. The first-order valence-electron chi connectivity index (χ1n) is 13.0. The maximum Gasteiger partial charge on any atom is 0.248 e. The fourth-order valence-electron chi connectivity index (χ4n) is 4.39. The molecule has 0 bridgehead atoms. The molecule has 9 nitrogen and oxygen atoms in total. The molecule has 0 aliphatic heterocycles. The van der Waals surface area contributed by atoms with Crippen LogP contribution in [0.1, 0.15) is 36.8 Å². The minimum absolute atomic E-state index is 0.0341. The first-order chi connectivity index (χ1) is 18.9. The lowest BCUT2D eigenvalue weighted by Crippen LogP contribution is -2.45. The van der Waals surface area contributed by atoms with Gasteiger partial charge in [0.1, 0.15) is 18.1 Å². The van der Waals surface area contributed by atoms with Crippen molar-refractivity contribution in [1.82, 2.24) is 25.2 Å². The van der Waals surface area contributed by atoms with Crippen molar-refractivity contribution < 1.29 is 19.1 Å². The lowest BCUT2D eigenvalue weighted by molar-refractivity contribution is -0.141. The Morgan fingerprint density at radius 3 is 2.56 bits per heavy atom. The van der Waals surface area contributed by atoms with Gasteiger partial charge in [-0.05, 0) is 60.0 Å². The van der Waals surface area contributed by atoms with E-state index < -0.39 is 6.04 Å². The van der Waals surface area contributed by atoms with Gasteiger partial charge < -0.3 is 19.7 Å². The average Bonchev–Trinajstić information content (AvgIpc) is 3.61. The number of methoxy groups -OCH3 is 2. The van der Waals surface area contributed by atoms with Crippen LogP contribution >= 0.6 is 11.3 Å². The van der Waals surface area contributed by atoms with Gasteiger partial charge in [-0.25, -0.2) is 4.68 Å². The van der Waals surface area contributed by atoms with Crippen LogP contribution in [0, 0.1) is 5.92 Å². The van der Waals surface area contributed by atoms with Crippen molar-refractivity contribution in [3.05, 3.63) is 70.4 Å². The molecule has 2 heterocycles.